The molecule has 4 rings (SSSR count). The Labute approximate surface area is 110 Å². The van der Waals surface area contributed by atoms with E-state index >= 15 is 0 Å². The van der Waals surface area contributed by atoms with Crippen LogP contribution < -0.4 is 9.47 Å². The van der Waals surface area contributed by atoms with Crippen LogP contribution in [0, 0.1) is 6.92 Å². The van der Waals surface area contributed by atoms with Crippen molar-refractivity contribution in [2.24, 2.45) is 0 Å². The zero-order valence-electron chi connectivity index (χ0n) is 10.7. The van der Waals surface area contributed by atoms with Crippen LogP contribution in [-0.2, 0) is 6.42 Å². The normalized spacial score (nSPS) is 16.8. The first-order valence-corrected chi connectivity index (χ1v) is 6.50. The van der Waals surface area contributed by atoms with E-state index in [1.807, 2.05) is 12.1 Å². The van der Waals surface area contributed by atoms with Gasteiger partial charge in [0.05, 0.1) is 5.52 Å². The number of hydrogen-bond acceptors (Lipinski definition) is 4. The maximum atomic E-state index is 12.0. The van der Waals surface area contributed by atoms with Crippen LogP contribution in [0.1, 0.15) is 34.5 Å². The second-order valence-electron chi connectivity index (χ2n) is 5.06. The van der Waals surface area contributed by atoms with Gasteiger partial charge < -0.3 is 9.47 Å². The summed E-state index contributed by atoms with van der Waals surface area (Å²) in [4.78, 5) is 16.5. The standard InChI is InChI=1S/C15H13NO3/c1-8-9-3-2-4-12(17)15(9)16-11-6-14-13(5-10(8)11)18-7-19-14/h5-6H,2-4,7H2,1H3. The lowest BCUT2D eigenvalue weighted by Crippen LogP contribution is -2.14. The first-order valence-electron chi connectivity index (χ1n) is 6.50. The molecule has 2 aliphatic rings. The molecule has 0 radical (unpaired) electrons. The number of ether oxygens (including phenoxy) is 2. The minimum atomic E-state index is 0.156. The van der Waals surface area contributed by atoms with Crippen molar-refractivity contribution in [1.29, 1.82) is 0 Å². The maximum Gasteiger partial charge on any atom is 0.231 e. The lowest BCUT2D eigenvalue weighted by atomic mass is 9.90. The molecule has 0 saturated carbocycles. The fourth-order valence-electron chi connectivity index (χ4n) is 2.93. The van der Waals surface area contributed by atoms with Gasteiger partial charge in [-0.3, -0.25) is 4.79 Å². The summed E-state index contributed by atoms with van der Waals surface area (Å²) in [6.45, 7) is 2.31. The summed E-state index contributed by atoms with van der Waals surface area (Å²) in [6.07, 6.45) is 2.46. The Kier molecular flexibility index (Phi) is 2.10. The highest BCUT2D eigenvalue weighted by atomic mass is 16.7. The summed E-state index contributed by atoms with van der Waals surface area (Å²) in [6, 6.07) is 3.84. The van der Waals surface area contributed by atoms with Crippen molar-refractivity contribution in [3.05, 3.63) is 29.0 Å². The average molecular weight is 255 g/mol. The lowest BCUT2D eigenvalue weighted by Gasteiger charge is -2.18. The van der Waals surface area contributed by atoms with Crippen molar-refractivity contribution in [3.63, 3.8) is 0 Å². The minimum Gasteiger partial charge on any atom is -0.454 e. The fraction of sp³-hybridized carbons (Fsp3) is 0.333. The molecule has 0 bridgehead atoms. The molecule has 0 N–H and O–H groups in total. The van der Waals surface area contributed by atoms with Gasteiger partial charge in [0.15, 0.2) is 17.3 Å². The van der Waals surface area contributed by atoms with E-state index in [1.54, 1.807) is 0 Å². The highest BCUT2D eigenvalue weighted by Gasteiger charge is 2.24. The molecule has 0 fully saturated rings. The SMILES string of the molecule is Cc1c2c(nc3cc4c(cc13)OCO4)C(=O)CCC2. The number of carbonyl (C=O) groups is 1. The Morgan fingerprint density at radius 1 is 1.16 bits per heavy atom. The number of aromatic nitrogens is 1. The van der Waals surface area contributed by atoms with E-state index in [4.69, 9.17) is 9.47 Å². The molecule has 19 heavy (non-hydrogen) atoms. The van der Waals surface area contributed by atoms with E-state index in [-0.39, 0.29) is 12.6 Å². The van der Waals surface area contributed by atoms with Crippen LogP contribution in [0.5, 0.6) is 11.5 Å². The van der Waals surface area contributed by atoms with Crippen LogP contribution in [0.2, 0.25) is 0 Å². The second kappa shape index (κ2) is 3.70. The molecule has 2 aromatic rings. The van der Waals surface area contributed by atoms with Crippen LogP contribution in [-0.4, -0.2) is 17.6 Å². The summed E-state index contributed by atoms with van der Waals surface area (Å²) in [7, 11) is 0. The molecule has 0 atom stereocenters. The average Bonchev–Trinajstić information content (AvgIpc) is 2.86. The summed E-state index contributed by atoms with van der Waals surface area (Å²) in [5.74, 6) is 1.63. The number of fused-ring (bicyclic) bond motifs is 3. The van der Waals surface area contributed by atoms with Gasteiger partial charge in [-0.2, -0.15) is 0 Å². The van der Waals surface area contributed by atoms with Crippen LogP contribution >= 0.6 is 0 Å². The van der Waals surface area contributed by atoms with Crippen molar-refractivity contribution >= 4 is 16.7 Å². The third-order valence-corrected chi connectivity index (χ3v) is 3.96. The van der Waals surface area contributed by atoms with Gasteiger partial charge in [-0.15, -0.1) is 0 Å². The van der Waals surface area contributed by atoms with E-state index in [1.165, 1.54) is 0 Å². The second-order valence-corrected chi connectivity index (χ2v) is 5.06. The van der Waals surface area contributed by atoms with Gasteiger partial charge in [0.2, 0.25) is 6.79 Å². The number of Topliss-reactive ketones (excluding diaryl/α,β-unsaturated/α-hetero) is 1. The minimum absolute atomic E-state index is 0.156. The molecule has 1 aliphatic heterocycles. The molecule has 2 heterocycles. The monoisotopic (exact) mass is 255 g/mol. The van der Waals surface area contributed by atoms with Crippen molar-refractivity contribution in [2.45, 2.75) is 26.2 Å². The van der Waals surface area contributed by atoms with Crippen molar-refractivity contribution in [1.82, 2.24) is 4.98 Å². The molecule has 0 unspecified atom stereocenters. The topological polar surface area (TPSA) is 48.4 Å². The van der Waals surface area contributed by atoms with Crippen LogP contribution in [0.25, 0.3) is 10.9 Å². The molecule has 4 nitrogen and oxygen atoms in total. The van der Waals surface area contributed by atoms with Crippen molar-refractivity contribution in [2.75, 3.05) is 6.79 Å². The van der Waals surface area contributed by atoms with E-state index in [2.05, 4.69) is 11.9 Å². The molecule has 1 aliphatic carbocycles. The number of nitrogens with zero attached hydrogens (tertiary/aromatic N) is 1. The van der Waals surface area contributed by atoms with Gasteiger partial charge in [-0.05, 0) is 37.0 Å². The highest BCUT2D eigenvalue weighted by molar-refractivity contribution is 6.00. The fourth-order valence-corrected chi connectivity index (χ4v) is 2.93. The van der Waals surface area contributed by atoms with E-state index in [0.717, 1.165) is 40.6 Å². The Morgan fingerprint density at radius 2 is 1.95 bits per heavy atom. The van der Waals surface area contributed by atoms with E-state index in [9.17, 15) is 4.79 Å². The molecule has 4 heteroatoms. The summed E-state index contributed by atoms with van der Waals surface area (Å²) < 4.78 is 10.8. The zero-order valence-corrected chi connectivity index (χ0v) is 10.7. The quantitative estimate of drug-likeness (QED) is 0.726. The smallest absolute Gasteiger partial charge is 0.231 e. The van der Waals surface area contributed by atoms with Gasteiger partial charge in [0.1, 0.15) is 5.69 Å². The van der Waals surface area contributed by atoms with Crippen LogP contribution in [0.3, 0.4) is 0 Å². The first kappa shape index (κ1) is 10.8. The lowest BCUT2D eigenvalue weighted by molar-refractivity contribution is 0.0967. The van der Waals surface area contributed by atoms with Gasteiger partial charge in [-0.25, -0.2) is 4.98 Å². The number of carbonyl (C=O) groups excluding carboxylic acids is 1. The third-order valence-electron chi connectivity index (χ3n) is 3.96. The molecule has 1 aromatic carbocycles. The van der Waals surface area contributed by atoms with Crippen LogP contribution in [0.15, 0.2) is 12.1 Å². The van der Waals surface area contributed by atoms with Crippen molar-refractivity contribution in [3.8, 4) is 11.5 Å². The number of rotatable bonds is 0. The Morgan fingerprint density at radius 3 is 2.79 bits per heavy atom. The molecular weight excluding hydrogens is 242 g/mol. The van der Waals surface area contributed by atoms with Gasteiger partial charge in [0, 0.05) is 17.9 Å². The number of aryl methyl sites for hydroxylation is 1. The molecule has 96 valence electrons. The van der Waals surface area contributed by atoms with Gasteiger partial charge >= 0.3 is 0 Å². The summed E-state index contributed by atoms with van der Waals surface area (Å²) in [5.41, 5.74) is 3.71. The third kappa shape index (κ3) is 1.46. The Balaban J connectivity index is 2.06. The first-order chi connectivity index (χ1) is 9.24. The maximum absolute atomic E-state index is 12.0. The van der Waals surface area contributed by atoms with Crippen molar-refractivity contribution < 1.29 is 14.3 Å². The predicted octanol–water partition coefficient (Wildman–Crippen LogP) is 2.79. The van der Waals surface area contributed by atoms with Gasteiger partial charge in [-0.1, -0.05) is 0 Å². The molecule has 0 saturated heterocycles. The highest BCUT2D eigenvalue weighted by Crippen LogP contribution is 2.38. The zero-order chi connectivity index (χ0) is 13.0. The molecular formula is C15H13NO3. The van der Waals surface area contributed by atoms with E-state index in [0.29, 0.717) is 17.9 Å². The predicted molar refractivity (Wildman–Crippen MR) is 69.9 cm³/mol. The number of ketones is 1. The van der Waals surface area contributed by atoms with E-state index < -0.39 is 0 Å². The molecule has 1 aromatic heterocycles. The van der Waals surface area contributed by atoms with Gasteiger partial charge in [0.25, 0.3) is 0 Å². The Bertz CT molecular complexity index is 721. The number of hydrogen-bond donors (Lipinski definition) is 0. The summed E-state index contributed by atoms with van der Waals surface area (Å²) in [5, 5.41) is 1.05. The number of benzene rings is 1. The molecule has 0 amide bonds. The summed E-state index contributed by atoms with van der Waals surface area (Å²) >= 11 is 0. The largest absolute Gasteiger partial charge is 0.454 e. The number of pyridine rings is 1. The van der Waals surface area contributed by atoms with Crippen LogP contribution in [0.4, 0.5) is 0 Å². The molecule has 0 spiro atoms. The Hall–Kier alpha value is -2.10.